The van der Waals surface area contributed by atoms with Crippen LogP contribution in [0.5, 0.6) is 0 Å². The summed E-state index contributed by atoms with van der Waals surface area (Å²) in [6, 6.07) is 8.50. The maximum absolute atomic E-state index is 9.46. The second-order valence-corrected chi connectivity index (χ2v) is 4.44. The maximum Gasteiger partial charge on any atom is 0.0552 e. The van der Waals surface area contributed by atoms with Gasteiger partial charge in [0, 0.05) is 6.54 Å². The number of nitrogens with one attached hydrogen (secondary N) is 1. The molecule has 15 heavy (non-hydrogen) atoms. The standard InChI is InChI=1S/C13H19NO/c1-10(15)8-11-4-2-3-5-13(11)12-6-7-14-9-12/h2-5,10,12,14-15H,6-9H2,1H3. The molecule has 0 aliphatic carbocycles. The van der Waals surface area contributed by atoms with Crippen LogP contribution in [0.1, 0.15) is 30.4 Å². The van der Waals surface area contributed by atoms with Crippen molar-refractivity contribution in [3.8, 4) is 0 Å². The smallest absolute Gasteiger partial charge is 0.0552 e. The third-order valence-electron chi connectivity index (χ3n) is 3.07. The van der Waals surface area contributed by atoms with Crippen LogP contribution in [0, 0.1) is 0 Å². The molecular formula is C13H19NO. The molecule has 82 valence electrons. The molecule has 2 atom stereocenters. The highest BCUT2D eigenvalue weighted by atomic mass is 16.3. The van der Waals surface area contributed by atoms with E-state index in [0.29, 0.717) is 5.92 Å². The molecule has 0 amide bonds. The van der Waals surface area contributed by atoms with E-state index in [1.54, 1.807) is 0 Å². The van der Waals surface area contributed by atoms with Gasteiger partial charge in [-0.25, -0.2) is 0 Å². The van der Waals surface area contributed by atoms with Gasteiger partial charge in [0.25, 0.3) is 0 Å². The maximum atomic E-state index is 9.46. The lowest BCUT2D eigenvalue weighted by Crippen LogP contribution is -2.12. The number of hydrogen-bond donors (Lipinski definition) is 2. The van der Waals surface area contributed by atoms with Crippen molar-refractivity contribution in [2.45, 2.75) is 31.8 Å². The molecule has 0 saturated carbocycles. The lowest BCUT2D eigenvalue weighted by molar-refractivity contribution is 0.195. The second kappa shape index (κ2) is 4.77. The molecular weight excluding hydrogens is 186 g/mol. The van der Waals surface area contributed by atoms with E-state index in [9.17, 15) is 5.11 Å². The van der Waals surface area contributed by atoms with E-state index in [0.717, 1.165) is 19.5 Å². The quantitative estimate of drug-likeness (QED) is 0.787. The van der Waals surface area contributed by atoms with Crippen LogP contribution in [-0.2, 0) is 6.42 Å². The summed E-state index contributed by atoms with van der Waals surface area (Å²) in [6.07, 6.45) is 1.74. The number of benzene rings is 1. The van der Waals surface area contributed by atoms with Crippen LogP contribution in [0.15, 0.2) is 24.3 Å². The lowest BCUT2D eigenvalue weighted by atomic mass is 9.91. The molecule has 2 N–H and O–H groups in total. The highest BCUT2D eigenvalue weighted by Gasteiger charge is 2.19. The van der Waals surface area contributed by atoms with Crippen LogP contribution in [-0.4, -0.2) is 24.3 Å². The largest absolute Gasteiger partial charge is 0.393 e. The average molecular weight is 205 g/mol. The summed E-state index contributed by atoms with van der Waals surface area (Å²) in [5.74, 6) is 0.639. The van der Waals surface area contributed by atoms with Crippen molar-refractivity contribution in [3.05, 3.63) is 35.4 Å². The van der Waals surface area contributed by atoms with Crippen molar-refractivity contribution in [2.24, 2.45) is 0 Å². The molecule has 2 nitrogen and oxygen atoms in total. The fourth-order valence-corrected chi connectivity index (χ4v) is 2.36. The zero-order valence-corrected chi connectivity index (χ0v) is 9.24. The van der Waals surface area contributed by atoms with E-state index in [4.69, 9.17) is 0 Å². The Hall–Kier alpha value is -0.860. The topological polar surface area (TPSA) is 32.3 Å². The molecule has 1 fully saturated rings. The van der Waals surface area contributed by atoms with E-state index in [-0.39, 0.29) is 6.10 Å². The van der Waals surface area contributed by atoms with Crippen LogP contribution < -0.4 is 5.32 Å². The minimum atomic E-state index is -0.250. The number of aliphatic hydroxyl groups is 1. The van der Waals surface area contributed by atoms with Gasteiger partial charge >= 0.3 is 0 Å². The Morgan fingerprint density at radius 3 is 2.93 bits per heavy atom. The summed E-state index contributed by atoms with van der Waals surface area (Å²) in [5.41, 5.74) is 2.73. The van der Waals surface area contributed by atoms with Gasteiger partial charge < -0.3 is 10.4 Å². The molecule has 0 aromatic heterocycles. The van der Waals surface area contributed by atoms with Crippen molar-refractivity contribution in [1.82, 2.24) is 5.32 Å². The molecule has 2 unspecified atom stereocenters. The average Bonchev–Trinajstić information content (AvgIpc) is 2.70. The Balaban J connectivity index is 2.20. The van der Waals surface area contributed by atoms with Gasteiger partial charge in [0.1, 0.15) is 0 Å². The molecule has 1 aromatic rings. The molecule has 1 saturated heterocycles. The van der Waals surface area contributed by atoms with Gasteiger partial charge in [-0.15, -0.1) is 0 Å². The van der Waals surface area contributed by atoms with Crippen LogP contribution in [0.3, 0.4) is 0 Å². The Morgan fingerprint density at radius 2 is 2.27 bits per heavy atom. The summed E-state index contributed by atoms with van der Waals surface area (Å²) < 4.78 is 0. The van der Waals surface area contributed by atoms with Gasteiger partial charge in [-0.3, -0.25) is 0 Å². The predicted molar refractivity (Wildman–Crippen MR) is 62.1 cm³/mol. The Bertz CT molecular complexity index is 316. The molecule has 2 rings (SSSR count). The van der Waals surface area contributed by atoms with E-state index in [1.807, 2.05) is 6.92 Å². The summed E-state index contributed by atoms with van der Waals surface area (Å²) in [6.45, 7) is 4.05. The summed E-state index contributed by atoms with van der Waals surface area (Å²) in [7, 11) is 0. The Kier molecular flexibility index (Phi) is 3.39. The SMILES string of the molecule is CC(O)Cc1ccccc1C1CCNC1. The van der Waals surface area contributed by atoms with E-state index in [2.05, 4.69) is 29.6 Å². The first-order chi connectivity index (χ1) is 7.27. The number of rotatable bonds is 3. The third kappa shape index (κ3) is 2.58. The van der Waals surface area contributed by atoms with Crippen LogP contribution >= 0.6 is 0 Å². The molecule has 1 heterocycles. The molecule has 2 heteroatoms. The fraction of sp³-hybridized carbons (Fsp3) is 0.538. The Morgan fingerprint density at radius 1 is 1.47 bits per heavy atom. The zero-order valence-electron chi connectivity index (χ0n) is 9.24. The molecule has 1 aliphatic heterocycles. The summed E-state index contributed by atoms with van der Waals surface area (Å²) >= 11 is 0. The first kappa shape index (κ1) is 10.7. The number of aliphatic hydroxyl groups excluding tert-OH is 1. The van der Waals surface area contributed by atoms with Gasteiger partial charge in [-0.1, -0.05) is 24.3 Å². The molecule has 1 aliphatic rings. The first-order valence-electron chi connectivity index (χ1n) is 5.74. The molecule has 0 radical (unpaired) electrons. The highest BCUT2D eigenvalue weighted by molar-refractivity contribution is 5.32. The zero-order chi connectivity index (χ0) is 10.7. The first-order valence-corrected chi connectivity index (χ1v) is 5.74. The number of hydrogen-bond acceptors (Lipinski definition) is 2. The van der Waals surface area contributed by atoms with Crippen molar-refractivity contribution >= 4 is 0 Å². The van der Waals surface area contributed by atoms with Crippen molar-refractivity contribution in [3.63, 3.8) is 0 Å². The summed E-state index contributed by atoms with van der Waals surface area (Å²) in [5, 5.41) is 12.8. The van der Waals surface area contributed by atoms with Crippen LogP contribution in [0.4, 0.5) is 0 Å². The fourth-order valence-electron chi connectivity index (χ4n) is 2.36. The van der Waals surface area contributed by atoms with Crippen molar-refractivity contribution < 1.29 is 5.11 Å². The van der Waals surface area contributed by atoms with Gasteiger partial charge in [0.05, 0.1) is 6.10 Å². The minimum Gasteiger partial charge on any atom is -0.393 e. The Labute approximate surface area is 91.3 Å². The van der Waals surface area contributed by atoms with Crippen molar-refractivity contribution in [2.75, 3.05) is 13.1 Å². The van der Waals surface area contributed by atoms with Crippen LogP contribution in [0.25, 0.3) is 0 Å². The third-order valence-corrected chi connectivity index (χ3v) is 3.07. The van der Waals surface area contributed by atoms with E-state index >= 15 is 0 Å². The van der Waals surface area contributed by atoms with E-state index in [1.165, 1.54) is 17.5 Å². The normalized spacial score (nSPS) is 22.9. The van der Waals surface area contributed by atoms with Gasteiger partial charge in [-0.05, 0) is 43.4 Å². The monoisotopic (exact) mass is 205 g/mol. The lowest BCUT2D eigenvalue weighted by Gasteiger charge is -2.15. The van der Waals surface area contributed by atoms with Gasteiger partial charge in [0.2, 0.25) is 0 Å². The molecule has 1 aromatic carbocycles. The predicted octanol–water partition coefficient (Wildman–Crippen LogP) is 1.69. The molecule has 0 bridgehead atoms. The van der Waals surface area contributed by atoms with Crippen LogP contribution in [0.2, 0.25) is 0 Å². The highest BCUT2D eigenvalue weighted by Crippen LogP contribution is 2.26. The minimum absolute atomic E-state index is 0.250. The van der Waals surface area contributed by atoms with Gasteiger partial charge in [0.15, 0.2) is 0 Å². The van der Waals surface area contributed by atoms with Gasteiger partial charge in [-0.2, -0.15) is 0 Å². The second-order valence-electron chi connectivity index (χ2n) is 4.44. The van der Waals surface area contributed by atoms with E-state index < -0.39 is 0 Å². The molecule has 0 spiro atoms. The summed E-state index contributed by atoms with van der Waals surface area (Å²) in [4.78, 5) is 0. The van der Waals surface area contributed by atoms with Crippen molar-refractivity contribution in [1.29, 1.82) is 0 Å².